The number of carbonyl (C=O) groups is 3. The number of hydrogen-bond donors (Lipinski definition) is 2. The van der Waals surface area contributed by atoms with Gasteiger partial charge in [-0.15, -0.1) is 0 Å². The summed E-state index contributed by atoms with van der Waals surface area (Å²) in [7, 11) is 0. The highest BCUT2D eigenvalue weighted by Crippen LogP contribution is 2.14. The SMILES string of the molecule is O=C(COC(=O)/C=C/c1cccc([N+](=O)[O-])c1)NNC(=O)c1ccc(Cl)cc1. The van der Waals surface area contributed by atoms with E-state index in [1.54, 1.807) is 6.07 Å². The Bertz CT molecular complexity index is 927. The Morgan fingerprint density at radius 1 is 1.11 bits per heavy atom. The third-order valence-corrected chi connectivity index (χ3v) is 3.51. The van der Waals surface area contributed by atoms with Crippen LogP contribution < -0.4 is 10.9 Å². The number of ether oxygens (including phenoxy) is 1. The van der Waals surface area contributed by atoms with Crippen LogP contribution in [0, 0.1) is 10.1 Å². The lowest BCUT2D eigenvalue weighted by molar-refractivity contribution is -0.384. The number of amides is 2. The van der Waals surface area contributed by atoms with Gasteiger partial charge in [0.25, 0.3) is 17.5 Å². The summed E-state index contributed by atoms with van der Waals surface area (Å²) in [6.45, 7) is -0.626. The van der Waals surface area contributed by atoms with Crippen LogP contribution >= 0.6 is 11.6 Å². The molecule has 144 valence electrons. The second kappa shape index (κ2) is 9.83. The molecule has 10 heteroatoms. The van der Waals surface area contributed by atoms with E-state index in [9.17, 15) is 24.5 Å². The van der Waals surface area contributed by atoms with Gasteiger partial charge in [-0.3, -0.25) is 30.6 Å². The van der Waals surface area contributed by atoms with Gasteiger partial charge in [0.15, 0.2) is 6.61 Å². The fourth-order valence-corrected chi connectivity index (χ4v) is 2.05. The fourth-order valence-electron chi connectivity index (χ4n) is 1.93. The second-order valence-electron chi connectivity index (χ2n) is 5.30. The first-order chi connectivity index (χ1) is 13.3. The molecule has 0 bridgehead atoms. The molecule has 2 rings (SSSR count). The normalized spacial score (nSPS) is 10.3. The third-order valence-electron chi connectivity index (χ3n) is 3.26. The highest BCUT2D eigenvalue weighted by molar-refractivity contribution is 6.30. The van der Waals surface area contributed by atoms with Crippen molar-refractivity contribution in [3.63, 3.8) is 0 Å². The van der Waals surface area contributed by atoms with Crippen molar-refractivity contribution in [3.05, 3.63) is 80.9 Å². The van der Waals surface area contributed by atoms with Crippen LogP contribution in [0.4, 0.5) is 5.69 Å². The number of nitro groups is 1. The quantitative estimate of drug-likeness (QED) is 0.329. The lowest BCUT2D eigenvalue weighted by Gasteiger charge is -2.07. The van der Waals surface area contributed by atoms with E-state index >= 15 is 0 Å². The molecular formula is C18H14ClN3O6. The largest absolute Gasteiger partial charge is 0.452 e. The van der Waals surface area contributed by atoms with Gasteiger partial charge in [-0.2, -0.15) is 0 Å². The van der Waals surface area contributed by atoms with E-state index in [4.69, 9.17) is 16.3 Å². The Kier molecular flexibility index (Phi) is 7.23. The van der Waals surface area contributed by atoms with Crippen LogP contribution in [-0.2, 0) is 14.3 Å². The number of nitro benzene ring substituents is 1. The number of non-ortho nitro benzene ring substituents is 1. The first kappa shape index (κ1) is 20.6. The second-order valence-corrected chi connectivity index (χ2v) is 5.74. The minimum atomic E-state index is -0.828. The molecular weight excluding hydrogens is 390 g/mol. The molecule has 0 aromatic heterocycles. The molecule has 0 aliphatic carbocycles. The molecule has 2 aromatic rings. The summed E-state index contributed by atoms with van der Waals surface area (Å²) in [6.07, 6.45) is 2.34. The lowest BCUT2D eigenvalue weighted by atomic mass is 10.2. The predicted molar refractivity (Wildman–Crippen MR) is 100 cm³/mol. The maximum absolute atomic E-state index is 11.8. The Morgan fingerprint density at radius 3 is 2.50 bits per heavy atom. The Morgan fingerprint density at radius 2 is 1.82 bits per heavy atom. The van der Waals surface area contributed by atoms with Crippen LogP contribution in [0.1, 0.15) is 15.9 Å². The van der Waals surface area contributed by atoms with Crippen LogP contribution in [0.5, 0.6) is 0 Å². The highest BCUT2D eigenvalue weighted by Gasteiger charge is 2.09. The van der Waals surface area contributed by atoms with Gasteiger partial charge < -0.3 is 4.74 Å². The van der Waals surface area contributed by atoms with Crippen molar-refractivity contribution in [2.75, 3.05) is 6.61 Å². The van der Waals surface area contributed by atoms with Crippen molar-refractivity contribution in [3.8, 4) is 0 Å². The van der Waals surface area contributed by atoms with Gasteiger partial charge in [-0.25, -0.2) is 4.79 Å². The van der Waals surface area contributed by atoms with Gasteiger partial charge in [0.05, 0.1) is 4.92 Å². The van der Waals surface area contributed by atoms with Crippen LogP contribution in [0.15, 0.2) is 54.6 Å². The van der Waals surface area contributed by atoms with E-state index < -0.39 is 29.3 Å². The maximum atomic E-state index is 11.8. The number of rotatable bonds is 6. The molecule has 0 fully saturated rings. The van der Waals surface area contributed by atoms with E-state index in [1.807, 2.05) is 0 Å². The zero-order chi connectivity index (χ0) is 20.5. The van der Waals surface area contributed by atoms with E-state index in [1.165, 1.54) is 48.5 Å². The molecule has 0 aliphatic rings. The van der Waals surface area contributed by atoms with Crippen LogP contribution in [0.25, 0.3) is 6.08 Å². The molecule has 0 saturated carbocycles. The predicted octanol–water partition coefficient (Wildman–Crippen LogP) is 2.27. The van der Waals surface area contributed by atoms with Crippen molar-refractivity contribution in [2.45, 2.75) is 0 Å². The smallest absolute Gasteiger partial charge is 0.331 e. The monoisotopic (exact) mass is 403 g/mol. The van der Waals surface area contributed by atoms with Crippen molar-refractivity contribution >= 4 is 41.1 Å². The van der Waals surface area contributed by atoms with Crippen molar-refractivity contribution in [2.24, 2.45) is 0 Å². The number of hydrogen-bond acceptors (Lipinski definition) is 6. The molecule has 0 radical (unpaired) electrons. The summed E-state index contributed by atoms with van der Waals surface area (Å²) in [5, 5.41) is 11.2. The Labute approximate surface area is 164 Å². The molecule has 2 amide bonds. The van der Waals surface area contributed by atoms with Crippen LogP contribution in [-0.4, -0.2) is 29.3 Å². The summed E-state index contributed by atoms with van der Waals surface area (Å²) in [6, 6.07) is 11.6. The molecule has 2 N–H and O–H groups in total. The van der Waals surface area contributed by atoms with Gasteiger partial charge in [0.1, 0.15) is 0 Å². The van der Waals surface area contributed by atoms with Crippen molar-refractivity contribution < 1.29 is 24.0 Å². The number of nitrogens with one attached hydrogen (secondary N) is 2. The summed E-state index contributed by atoms with van der Waals surface area (Å²) in [5.74, 6) is -2.15. The first-order valence-electron chi connectivity index (χ1n) is 7.79. The van der Waals surface area contributed by atoms with Gasteiger partial charge in [0.2, 0.25) is 0 Å². The summed E-state index contributed by atoms with van der Waals surface area (Å²) in [5.41, 5.74) is 4.84. The maximum Gasteiger partial charge on any atom is 0.331 e. The minimum Gasteiger partial charge on any atom is -0.452 e. The zero-order valence-corrected chi connectivity index (χ0v) is 15.0. The van der Waals surface area contributed by atoms with Gasteiger partial charge in [-0.05, 0) is 35.9 Å². The average molecular weight is 404 g/mol. The molecule has 0 heterocycles. The van der Waals surface area contributed by atoms with Crippen molar-refractivity contribution in [1.82, 2.24) is 10.9 Å². The molecule has 0 aliphatic heterocycles. The summed E-state index contributed by atoms with van der Waals surface area (Å²) < 4.78 is 4.72. The minimum absolute atomic E-state index is 0.119. The Hall–Kier alpha value is -3.72. The zero-order valence-electron chi connectivity index (χ0n) is 14.3. The molecule has 9 nitrogen and oxygen atoms in total. The number of hydrazine groups is 1. The highest BCUT2D eigenvalue weighted by atomic mass is 35.5. The summed E-state index contributed by atoms with van der Waals surface area (Å²) in [4.78, 5) is 45.2. The number of carbonyl (C=O) groups excluding carboxylic acids is 3. The van der Waals surface area contributed by atoms with Crippen LogP contribution in [0.2, 0.25) is 5.02 Å². The van der Waals surface area contributed by atoms with Crippen molar-refractivity contribution in [1.29, 1.82) is 0 Å². The fraction of sp³-hybridized carbons (Fsp3) is 0.0556. The molecule has 28 heavy (non-hydrogen) atoms. The topological polar surface area (TPSA) is 128 Å². The third kappa shape index (κ3) is 6.54. The van der Waals surface area contributed by atoms with Gasteiger partial charge in [0, 0.05) is 28.8 Å². The van der Waals surface area contributed by atoms with E-state index in [2.05, 4.69) is 10.9 Å². The number of halogens is 1. The van der Waals surface area contributed by atoms with E-state index in [0.29, 0.717) is 10.6 Å². The number of esters is 1. The molecule has 2 aromatic carbocycles. The molecule has 0 unspecified atom stereocenters. The number of nitrogens with zero attached hydrogens (tertiary/aromatic N) is 1. The average Bonchev–Trinajstić information content (AvgIpc) is 2.69. The first-order valence-corrected chi connectivity index (χ1v) is 8.17. The molecule has 0 atom stereocenters. The van der Waals surface area contributed by atoms with E-state index in [-0.39, 0.29) is 11.3 Å². The lowest BCUT2D eigenvalue weighted by Crippen LogP contribution is -2.43. The molecule has 0 spiro atoms. The molecule has 0 saturated heterocycles. The van der Waals surface area contributed by atoms with Gasteiger partial charge >= 0.3 is 5.97 Å². The van der Waals surface area contributed by atoms with E-state index in [0.717, 1.165) is 6.08 Å². The number of benzene rings is 2. The summed E-state index contributed by atoms with van der Waals surface area (Å²) >= 11 is 5.72. The van der Waals surface area contributed by atoms with Gasteiger partial charge in [-0.1, -0.05) is 23.7 Å². The standard InChI is InChI=1S/C18H14ClN3O6/c19-14-7-5-13(6-8-14)18(25)21-20-16(23)11-28-17(24)9-4-12-2-1-3-15(10-12)22(26)27/h1-10H,11H2,(H,20,23)(H,21,25)/b9-4+. The Balaban J connectivity index is 1.76. The van der Waals surface area contributed by atoms with Crippen LogP contribution in [0.3, 0.4) is 0 Å².